The van der Waals surface area contributed by atoms with E-state index in [4.69, 9.17) is 16.0 Å². The van der Waals surface area contributed by atoms with E-state index in [1.54, 1.807) is 37.5 Å². The first kappa shape index (κ1) is 19.0. The minimum absolute atomic E-state index is 0.129. The van der Waals surface area contributed by atoms with Gasteiger partial charge in [-0.3, -0.25) is 0 Å². The summed E-state index contributed by atoms with van der Waals surface area (Å²) in [5.41, 5.74) is 0.955. The molecule has 5 rings (SSSR count). The fourth-order valence-electron chi connectivity index (χ4n) is 5.04. The number of hydrogen-bond acceptors (Lipinski definition) is 6. The average molecular weight is 428 g/mol. The van der Waals surface area contributed by atoms with Gasteiger partial charge in [0.2, 0.25) is 11.8 Å². The van der Waals surface area contributed by atoms with Gasteiger partial charge < -0.3 is 14.6 Å². The Hall–Kier alpha value is -2.94. The number of carbonyl (C=O) groups is 1. The number of hydrogen-bond donors (Lipinski definition) is 1. The summed E-state index contributed by atoms with van der Waals surface area (Å²) in [7, 11) is 0. The Morgan fingerprint density at radius 2 is 2.10 bits per heavy atom. The molecule has 2 bridgehead atoms. The largest absolute Gasteiger partial charge is 0.426 e. The second-order valence-electron chi connectivity index (χ2n) is 8.30. The van der Waals surface area contributed by atoms with Crippen LogP contribution >= 0.6 is 11.6 Å². The highest BCUT2D eigenvalue weighted by Crippen LogP contribution is 2.51. The second-order valence-corrected chi connectivity index (χ2v) is 8.71. The minimum Gasteiger partial charge on any atom is -0.426 e. The maximum Gasteiger partial charge on any atom is 0.322 e. The molecule has 2 amide bonds. The van der Waals surface area contributed by atoms with Crippen LogP contribution in [0.1, 0.15) is 38.0 Å². The Kier molecular flexibility index (Phi) is 4.50. The lowest BCUT2D eigenvalue weighted by atomic mass is 9.63. The highest BCUT2D eigenvalue weighted by Gasteiger charge is 2.58. The Morgan fingerprint density at radius 1 is 1.30 bits per heavy atom. The second kappa shape index (κ2) is 7.09. The third-order valence-corrected chi connectivity index (χ3v) is 6.31. The van der Waals surface area contributed by atoms with Crippen LogP contribution in [0.2, 0.25) is 5.02 Å². The van der Waals surface area contributed by atoms with E-state index in [-0.39, 0.29) is 17.6 Å². The predicted octanol–water partition coefficient (Wildman–Crippen LogP) is 3.63. The van der Waals surface area contributed by atoms with E-state index in [1.807, 2.05) is 4.90 Å². The van der Waals surface area contributed by atoms with Gasteiger partial charge in [-0.05, 0) is 43.4 Å². The van der Waals surface area contributed by atoms with Gasteiger partial charge >= 0.3 is 6.03 Å². The van der Waals surface area contributed by atoms with Crippen LogP contribution in [0.4, 0.5) is 10.5 Å². The topological polar surface area (TPSA) is 102 Å². The van der Waals surface area contributed by atoms with Crippen molar-refractivity contribution in [1.29, 1.82) is 0 Å². The molecule has 1 aliphatic carbocycles. The number of aryl methyl sites for hydroxylation is 1. The first-order chi connectivity index (χ1) is 14.4. The molecule has 156 valence electrons. The molecule has 1 aliphatic heterocycles. The number of carbonyl (C=O) groups excluding carboxylic acids is 1. The molecule has 3 atom stereocenters. The molecule has 2 fully saturated rings. The van der Waals surface area contributed by atoms with E-state index >= 15 is 0 Å². The summed E-state index contributed by atoms with van der Waals surface area (Å²) in [6.45, 7) is 4.01. The van der Waals surface area contributed by atoms with Gasteiger partial charge in [-0.25, -0.2) is 4.79 Å². The third kappa shape index (κ3) is 3.23. The summed E-state index contributed by atoms with van der Waals surface area (Å²) in [4.78, 5) is 16.7. The summed E-state index contributed by atoms with van der Waals surface area (Å²) < 4.78 is 5.62. The molecule has 3 aromatic rings. The van der Waals surface area contributed by atoms with Crippen LogP contribution in [-0.4, -0.2) is 47.7 Å². The molecular formula is C20H22ClN7O2. The van der Waals surface area contributed by atoms with Crippen LogP contribution < -0.4 is 5.32 Å². The summed E-state index contributed by atoms with van der Waals surface area (Å²) in [6, 6.07) is 5.37. The van der Waals surface area contributed by atoms with Crippen LogP contribution in [0.15, 0.2) is 35.0 Å². The molecule has 2 aliphatic rings. The molecule has 3 heterocycles. The standard InChI is InChI=1S/C20H22ClN7O2/c1-12-7-15-10-20(9-12,11-18-26-25-13(2)30-18)27(15)19(29)24-14-3-4-16(21)17(8-14)28-22-5-6-23-28/h3-6,8,12,15H,7,9-11H2,1-2H3,(H,24,29)/t12-,15+,20-/m0/s1. The Bertz CT molecular complexity index is 1080. The summed E-state index contributed by atoms with van der Waals surface area (Å²) in [6.07, 6.45) is 6.60. The number of amides is 2. The number of piperidine rings is 1. The smallest absolute Gasteiger partial charge is 0.322 e. The summed E-state index contributed by atoms with van der Waals surface area (Å²) in [5.74, 6) is 1.67. The average Bonchev–Trinajstić information content (AvgIpc) is 3.34. The number of nitrogens with zero attached hydrogens (tertiary/aromatic N) is 6. The van der Waals surface area contributed by atoms with Crippen molar-refractivity contribution in [2.75, 3.05) is 5.32 Å². The molecule has 9 nitrogen and oxygen atoms in total. The molecule has 0 unspecified atom stereocenters. The number of aromatic nitrogens is 5. The Balaban J connectivity index is 1.38. The lowest BCUT2D eigenvalue weighted by molar-refractivity contribution is -0.0918. The molecule has 0 spiro atoms. The van der Waals surface area contributed by atoms with E-state index < -0.39 is 0 Å². The van der Waals surface area contributed by atoms with Crippen molar-refractivity contribution < 1.29 is 9.21 Å². The quantitative estimate of drug-likeness (QED) is 0.682. The number of likely N-dealkylation sites (tertiary alicyclic amines) is 1. The maximum absolute atomic E-state index is 13.3. The van der Waals surface area contributed by atoms with Crippen molar-refractivity contribution in [2.45, 2.75) is 51.1 Å². The molecule has 1 aromatic carbocycles. The predicted molar refractivity (Wildman–Crippen MR) is 109 cm³/mol. The zero-order chi connectivity index (χ0) is 20.9. The Labute approximate surface area is 178 Å². The SMILES string of the molecule is Cc1nnc(C[C@]23C[C@@H](C)C[C@H](C2)N3C(=O)Nc2ccc(Cl)c(-n3nccn3)c2)o1. The van der Waals surface area contributed by atoms with Gasteiger partial charge in [0, 0.05) is 25.1 Å². The third-order valence-electron chi connectivity index (χ3n) is 5.99. The van der Waals surface area contributed by atoms with Gasteiger partial charge in [-0.1, -0.05) is 18.5 Å². The zero-order valence-electron chi connectivity index (χ0n) is 16.7. The first-order valence-electron chi connectivity index (χ1n) is 9.99. The van der Waals surface area contributed by atoms with Gasteiger partial charge in [0.1, 0.15) is 5.69 Å². The molecule has 2 aromatic heterocycles. The number of benzene rings is 1. The van der Waals surface area contributed by atoms with Crippen molar-refractivity contribution in [2.24, 2.45) is 5.92 Å². The number of anilines is 1. The molecule has 1 N–H and O–H groups in total. The van der Waals surface area contributed by atoms with E-state index in [1.165, 1.54) is 4.80 Å². The molecule has 30 heavy (non-hydrogen) atoms. The number of halogens is 1. The van der Waals surface area contributed by atoms with Gasteiger partial charge in [-0.2, -0.15) is 15.0 Å². The highest BCUT2D eigenvalue weighted by atomic mass is 35.5. The van der Waals surface area contributed by atoms with Gasteiger partial charge in [0.15, 0.2) is 0 Å². The van der Waals surface area contributed by atoms with Crippen molar-refractivity contribution in [3.8, 4) is 5.69 Å². The number of fused-ring (bicyclic) bond motifs is 2. The van der Waals surface area contributed by atoms with Gasteiger partial charge in [0.05, 0.1) is 23.0 Å². The van der Waals surface area contributed by atoms with Crippen molar-refractivity contribution in [3.63, 3.8) is 0 Å². The van der Waals surface area contributed by atoms with Crippen molar-refractivity contribution in [1.82, 2.24) is 30.1 Å². The van der Waals surface area contributed by atoms with E-state index in [0.29, 0.717) is 40.5 Å². The zero-order valence-corrected chi connectivity index (χ0v) is 17.5. The van der Waals surface area contributed by atoms with Gasteiger partial charge in [0.25, 0.3) is 0 Å². The van der Waals surface area contributed by atoms with Crippen molar-refractivity contribution in [3.05, 3.63) is 47.4 Å². The first-order valence-corrected chi connectivity index (χ1v) is 10.4. The molecule has 0 radical (unpaired) electrons. The number of rotatable bonds is 4. The van der Waals surface area contributed by atoms with Gasteiger partial charge in [-0.15, -0.1) is 10.2 Å². The van der Waals surface area contributed by atoms with E-state index in [2.05, 4.69) is 32.6 Å². The van der Waals surface area contributed by atoms with Crippen LogP contribution in [0.5, 0.6) is 0 Å². The van der Waals surface area contributed by atoms with E-state index in [9.17, 15) is 4.79 Å². The summed E-state index contributed by atoms with van der Waals surface area (Å²) in [5, 5.41) is 19.9. The van der Waals surface area contributed by atoms with Crippen molar-refractivity contribution >= 4 is 23.3 Å². The maximum atomic E-state index is 13.3. The minimum atomic E-state index is -0.288. The highest BCUT2D eigenvalue weighted by molar-refractivity contribution is 6.32. The van der Waals surface area contributed by atoms with Crippen LogP contribution in [0, 0.1) is 12.8 Å². The summed E-state index contributed by atoms with van der Waals surface area (Å²) >= 11 is 6.29. The van der Waals surface area contributed by atoms with Crippen LogP contribution in [0.3, 0.4) is 0 Å². The normalized spacial score (nSPS) is 25.1. The lowest BCUT2D eigenvalue weighted by Crippen LogP contribution is -2.73. The monoisotopic (exact) mass is 427 g/mol. The molecule has 1 saturated carbocycles. The fraction of sp³-hybridized carbons (Fsp3) is 0.450. The van der Waals surface area contributed by atoms with Crippen LogP contribution in [-0.2, 0) is 6.42 Å². The number of nitrogens with one attached hydrogen (secondary N) is 1. The fourth-order valence-corrected chi connectivity index (χ4v) is 5.23. The van der Waals surface area contributed by atoms with Crippen LogP contribution in [0.25, 0.3) is 5.69 Å². The lowest BCUT2D eigenvalue weighted by Gasteiger charge is -2.63. The molecule has 10 heteroatoms. The van der Waals surface area contributed by atoms with E-state index in [0.717, 1.165) is 19.3 Å². The number of urea groups is 1. The molecular weight excluding hydrogens is 406 g/mol. The Morgan fingerprint density at radius 3 is 2.83 bits per heavy atom. The molecule has 1 saturated heterocycles.